The number of nitro benzene ring substituents is 1. The highest BCUT2D eigenvalue weighted by Crippen LogP contribution is 2.26. The van der Waals surface area contributed by atoms with E-state index in [4.69, 9.17) is 4.74 Å². The highest BCUT2D eigenvalue weighted by Gasteiger charge is 2.12. The Hall–Kier alpha value is -3.74. The molecule has 0 aliphatic rings. The van der Waals surface area contributed by atoms with Gasteiger partial charge >= 0.3 is 0 Å². The fraction of sp³-hybridized carbons (Fsp3) is 0.100. The van der Waals surface area contributed by atoms with Crippen LogP contribution in [-0.2, 0) is 6.61 Å². The summed E-state index contributed by atoms with van der Waals surface area (Å²) in [6, 6.07) is 19.8. The van der Waals surface area contributed by atoms with E-state index in [9.17, 15) is 10.1 Å². The average molecular weight is 360 g/mol. The zero-order valence-electron chi connectivity index (χ0n) is 14.6. The van der Waals surface area contributed by atoms with Crippen molar-refractivity contribution in [2.45, 2.75) is 13.5 Å². The van der Waals surface area contributed by atoms with Gasteiger partial charge in [0.25, 0.3) is 5.69 Å². The number of aryl methyl sites for hydroxylation is 1. The minimum Gasteiger partial charge on any atom is -0.487 e. The molecule has 7 nitrogen and oxygen atoms in total. The van der Waals surface area contributed by atoms with Gasteiger partial charge in [0, 0.05) is 12.1 Å². The van der Waals surface area contributed by atoms with Gasteiger partial charge in [0.05, 0.1) is 4.92 Å². The molecular formula is C20H16N4O3. The number of benzene rings is 3. The molecule has 0 unspecified atom stereocenters. The number of aromatic nitrogens is 3. The molecule has 0 N–H and O–H groups in total. The number of fused-ring (bicyclic) bond motifs is 1. The van der Waals surface area contributed by atoms with Crippen molar-refractivity contribution in [3.8, 4) is 11.4 Å². The van der Waals surface area contributed by atoms with E-state index in [0.717, 1.165) is 22.3 Å². The van der Waals surface area contributed by atoms with Crippen LogP contribution < -0.4 is 4.74 Å². The Morgan fingerprint density at radius 2 is 1.74 bits per heavy atom. The summed E-state index contributed by atoms with van der Waals surface area (Å²) in [5.41, 5.74) is 4.12. The van der Waals surface area contributed by atoms with Crippen LogP contribution in [0, 0.1) is 17.0 Å². The van der Waals surface area contributed by atoms with E-state index in [1.54, 1.807) is 16.9 Å². The van der Waals surface area contributed by atoms with Crippen molar-refractivity contribution in [3.05, 3.63) is 88.0 Å². The number of hydrogen-bond donors (Lipinski definition) is 0. The van der Waals surface area contributed by atoms with E-state index in [1.165, 1.54) is 12.1 Å². The number of rotatable bonds is 5. The maximum absolute atomic E-state index is 10.9. The van der Waals surface area contributed by atoms with E-state index >= 15 is 0 Å². The number of non-ortho nitro benzene ring substituents is 1. The van der Waals surface area contributed by atoms with Gasteiger partial charge in [-0.25, -0.2) is 0 Å². The molecule has 0 fully saturated rings. The molecule has 0 aliphatic carbocycles. The Balaban J connectivity index is 1.65. The molecule has 1 heterocycles. The van der Waals surface area contributed by atoms with Crippen LogP contribution in [0.3, 0.4) is 0 Å². The molecule has 0 saturated heterocycles. The summed E-state index contributed by atoms with van der Waals surface area (Å²) in [7, 11) is 0. The smallest absolute Gasteiger partial charge is 0.269 e. The van der Waals surface area contributed by atoms with Crippen molar-refractivity contribution in [1.82, 2.24) is 15.0 Å². The largest absolute Gasteiger partial charge is 0.487 e. The van der Waals surface area contributed by atoms with Crippen LogP contribution in [0.15, 0.2) is 66.7 Å². The molecule has 0 aliphatic heterocycles. The van der Waals surface area contributed by atoms with Gasteiger partial charge in [-0.15, -0.1) is 15.0 Å². The van der Waals surface area contributed by atoms with Crippen molar-refractivity contribution in [1.29, 1.82) is 0 Å². The molecule has 4 aromatic rings. The summed E-state index contributed by atoms with van der Waals surface area (Å²) in [6.07, 6.45) is 0. The van der Waals surface area contributed by atoms with Crippen molar-refractivity contribution in [3.63, 3.8) is 0 Å². The Morgan fingerprint density at radius 1 is 1.00 bits per heavy atom. The van der Waals surface area contributed by atoms with Gasteiger partial charge in [0.1, 0.15) is 29.1 Å². The van der Waals surface area contributed by atoms with Crippen LogP contribution in [0.5, 0.6) is 5.75 Å². The van der Waals surface area contributed by atoms with Crippen LogP contribution in [0.2, 0.25) is 0 Å². The van der Waals surface area contributed by atoms with Gasteiger partial charge in [-0.2, -0.15) is 0 Å². The molecule has 0 amide bonds. The SMILES string of the molecule is Cc1ccc(OCc2cccc([N+](=O)[O-])c2)c(-n2nc3ccccc3n2)c1. The maximum atomic E-state index is 10.9. The quantitative estimate of drug-likeness (QED) is 0.393. The standard InChI is InChI=1S/C20H16N4O3/c1-14-9-10-20(27-13-15-5-4-6-16(12-15)24(25)26)19(11-14)23-21-17-7-2-3-8-18(17)22-23/h2-12H,13H2,1H3. The number of ether oxygens (including phenoxy) is 1. The summed E-state index contributed by atoms with van der Waals surface area (Å²) in [4.78, 5) is 12.1. The van der Waals surface area contributed by atoms with E-state index in [2.05, 4.69) is 10.2 Å². The van der Waals surface area contributed by atoms with E-state index in [-0.39, 0.29) is 12.3 Å². The lowest BCUT2D eigenvalue weighted by atomic mass is 10.2. The van der Waals surface area contributed by atoms with Crippen molar-refractivity contribution >= 4 is 16.7 Å². The lowest BCUT2D eigenvalue weighted by Crippen LogP contribution is -2.04. The normalized spacial score (nSPS) is 10.9. The second kappa shape index (κ2) is 6.87. The molecule has 27 heavy (non-hydrogen) atoms. The second-order valence-corrected chi connectivity index (χ2v) is 6.17. The topological polar surface area (TPSA) is 83.1 Å². The molecular weight excluding hydrogens is 344 g/mol. The Labute approximate surface area is 155 Å². The van der Waals surface area contributed by atoms with Crippen molar-refractivity contribution in [2.24, 2.45) is 0 Å². The third-order valence-electron chi connectivity index (χ3n) is 4.13. The fourth-order valence-corrected chi connectivity index (χ4v) is 2.79. The average Bonchev–Trinajstić information content (AvgIpc) is 3.11. The molecule has 0 atom stereocenters. The molecule has 0 radical (unpaired) electrons. The minimum atomic E-state index is -0.417. The summed E-state index contributed by atoms with van der Waals surface area (Å²) in [5.74, 6) is 0.604. The highest BCUT2D eigenvalue weighted by atomic mass is 16.6. The lowest BCUT2D eigenvalue weighted by Gasteiger charge is -2.11. The first kappa shape index (κ1) is 16.7. The maximum Gasteiger partial charge on any atom is 0.269 e. The van der Waals surface area contributed by atoms with Gasteiger partial charge in [-0.3, -0.25) is 10.1 Å². The van der Waals surface area contributed by atoms with Gasteiger partial charge in [0.15, 0.2) is 0 Å². The molecule has 0 spiro atoms. The van der Waals surface area contributed by atoms with Crippen molar-refractivity contribution in [2.75, 3.05) is 0 Å². The molecule has 0 bridgehead atoms. The first-order valence-electron chi connectivity index (χ1n) is 8.39. The third-order valence-corrected chi connectivity index (χ3v) is 4.13. The first-order valence-corrected chi connectivity index (χ1v) is 8.39. The molecule has 134 valence electrons. The summed E-state index contributed by atoms with van der Waals surface area (Å²) >= 11 is 0. The Kier molecular flexibility index (Phi) is 4.25. The predicted octanol–water partition coefficient (Wildman–Crippen LogP) is 4.22. The highest BCUT2D eigenvalue weighted by molar-refractivity contribution is 5.73. The Morgan fingerprint density at radius 3 is 2.44 bits per heavy atom. The second-order valence-electron chi connectivity index (χ2n) is 6.17. The van der Waals surface area contributed by atoms with Crippen LogP contribution in [-0.4, -0.2) is 19.9 Å². The van der Waals surface area contributed by atoms with Crippen LogP contribution in [0.4, 0.5) is 5.69 Å². The number of nitro groups is 1. The third kappa shape index (κ3) is 3.48. The summed E-state index contributed by atoms with van der Waals surface area (Å²) in [5, 5.41) is 20.0. The zero-order chi connectivity index (χ0) is 18.8. The Bertz CT molecular complexity index is 1100. The van der Waals surface area contributed by atoms with Gasteiger partial charge in [-0.05, 0) is 42.3 Å². The first-order chi connectivity index (χ1) is 13.1. The lowest BCUT2D eigenvalue weighted by molar-refractivity contribution is -0.384. The van der Waals surface area contributed by atoms with Gasteiger partial charge in [-0.1, -0.05) is 30.3 Å². The number of hydrogen-bond acceptors (Lipinski definition) is 5. The van der Waals surface area contributed by atoms with Crippen LogP contribution in [0.1, 0.15) is 11.1 Å². The minimum absolute atomic E-state index is 0.0419. The monoisotopic (exact) mass is 360 g/mol. The summed E-state index contributed by atoms with van der Waals surface area (Å²) < 4.78 is 5.94. The van der Waals surface area contributed by atoms with Gasteiger partial charge < -0.3 is 4.74 Å². The van der Waals surface area contributed by atoms with E-state index in [0.29, 0.717) is 11.3 Å². The van der Waals surface area contributed by atoms with Crippen molar-refractivity contribution < 1.29 is 9.66 Å². The van der Waals surface area contributed by atoms with Crippen LogP contribution >= 0.6 is 0 Å². The van der Waals surface area contributed by atoms with Crippen LogP contribution in [0.25, 0.3) is 16.7 Å². The van der Waals surface area contributed by atoms with Gasteiger partial charge in [0.2, 0.25) is 0 Å². The van der Waals surface area contributed by atoms with E-state index in [1.807, 2.05) is 49.4 Å². The molecule has 4 rings (SSSR count). The predicted molar refractivity (Wildman–Crippen MR) is 101 cm³/mol. The molecule has 7 heteroatoms. The fourth-order valence-electron chi connectivity index (χ4n) is 2.79. The molecule has 0 saturated carbocycles. The number of nitrogens with zero attached hydrogens (tertiary/aromatic N) is 4. The van der Waals surface area contributed by atoms with E-state index < -0.39 is 4.92 Å². The molecule has 3 aromatic carbocycles. The molecule has 1 aromatic heterocycles. The summed E-state index contributed by atoms with van der Waals surface area (Å²) in [6.45, 7) is 2.19. The zero-order valence-corrected chi connectivity index (χ0v) is 14.6.